The Morgan fingerprint density at radius 3 is 2.45 bits per heavy atom. The Hall–Kier alpha value is -3.84. The second-order valence-electron chi connectivity index (χ2n) is 8.24. The third-order valence-electron chi connectivity index (χ3n) is 5.53. The van der Waals surface area contributed by atoms with Crippen LogP contribution in [-0.4, -0.2) is 44.8 Å². The predicted molar refractivity (Wildman–Crippen MR) is 134 cm³/mol. The van der Waals surface area contributed by atoms with Crippen LogP contribution in [0.4, 0.5) is 23.2 Å². The number of carbonyl (C=O) groups excluding carboxylic acids is 2. The van der Waals surface area contributed by atoms with Crippen LogP contribution in [0, 0.1) is 12.7 Å². The number of halogens is 5. The molecule has 198 valence electrons. The van der Waals surface area contributed by atoms with Crippen molar-refractivity contribution in [2.75, 3.05) is 18.5 Å². The van der Waals surface area contributed by atoms with Crippen molar-refractivity contribution in [3.8, 4) is 0 Å². The van der Waals surface area contributed by atoms with Crippen LogP contribution in [0.3, 0.4) is 0 Å². The van der Waals surface area contributed by atoms with Gasteiger partial charge in [-0.1, -0.05) is 28.1 Å². The molecule has 0 unspecified atom stereocenters. The van der Waals surface area contributed by atoms with E-state index in [0.29, 0.717) is 16.1 Å². The first kappa shape index (κ1) is 27.2. The molecule has 2 amide bonds. The molecule has 3 N–H and O–H groups in total. The van der Waals surface area contributed by atoms with Crippen LogP contribution < -0.4 is 10.6 Å². The number of aryl methyl sites for hydroxylation is 1. The third-order valence-corrected chi connectivity index (χ3v) is 6.02. The van der Waals surface area contributed by atoms with Gasteiger partial charge in [-0.15, -0.1) is 0 Å². The molecular formula is C25H20BrF4N5O3. The predicted octanol–water partition coefficient (Wildman–Crippen LogP) is 4.68. The number of hydrogen-bond donors (Lipinski definition) is 3. The Kier molecular flexibility index (Phi) is 7.78. The summed E-state index contributed by atoms with van der Waals surface area (Å²) in [5.41, 5.74) is -0.908. The van der Waals surface area contributed by atoms with Crippen molar-refractivity contribution in [2.24, 2.45) is 0 Å². The van der Waals surface area contributed by atoms with Crippen LogP contribution in [0.15, 0.2) is 53.0 Å². The molecule has 0 radical (unpaired) electrons. The molecule has 0 spiro atoms. The summed E-state index contributed by atoms with van der Waals surface area (Å²) in [7, 11) is 0. The molecule has 0 aliphatic carbocycles. The van der Waals surface area contributed by atoms with Gasteiger partial charge in [0.1, 0.15) is 17.2 Å². The number of aromatic nitrogens is 3. The molecule has 0 atom stereocenters. The number of aliphatic hydroxyl groups excluding tert-OH is 1. The van der Waals surface area contributed by atoms with E-state index in [9.17, 15) is 27.2 Å². The van der Waals surface area contributed by atoms with Gasteiger partial charge in [0.15, 0.2) is 0 Å². The fraction of sp³-hybridized carbons (Fsp3) is 0.200. The summed E-state index contributed by atoms with van der Waals surface area (Å²) < 4.78 is 55.8. The van der Waals surface area contributed by atoms with E-state index in [1.807, 2.05) is 0 Å². The molecule has 2 aromatic carbocycles. The molecule has 0 bridgehead atoms. The average molecular weight is 594 g/mol. The normalized spacial score (nSPS) is 11.6. The molecule has 4 rings (SSSR count). The van der Waals surface area contributed by atoms with Crippen LogP contribution >= 0.6 is 15.9 Å². The molecular weight excluding hydrogens is 574 g/mol. The highest BCUT2D eigenvalue weighted by Gasteiger charge is 2.34. The van der Waals surface area contributed by atoms with E-state index in [0.717, 1.165) is 0 Å². The summed E-state index contributed by atoms with van der Waals surface area (Å²) in [6.07, 6.45) is -4.80. The lowest BCUT2D eigenvalue weighted by atomic mass is 10.1. The van der Waals surface area contributed by atoms with Gasteiger partial charge in [-0.05, 0) is 48.9 Å². The van der Waals surface area contributed by atoms with Gasteiger partial charge in [0.05, 0.1) is 35.6 Å². The number of alkyl halides is 3. The number of anilines is 1. The third kappa shape index (κ3) is 5.83. The van der Waals surface area contributed by atoms with E-state index >= 15 is 0 Å². The standard InChI is InChI=1S/C25H20BrF4N5O3/c1-13-21(22(24(38)31-8-9-36)35(34-13)12-14-2-5-16(27)6-3-14)33-23(37)18-11-20(25(28,29)30)32-19-7-4-15(26)10-17(18)19/h2-7,10-11,36H,8-9,12H2,1H3,(H,31,38)(H,33,37). The van der Waals surface area contributed by atoms with Crippen LogP contribution in [0.2, 0.25) is 0 Å². The zero-order valence-electron chi connectivity index (χ0n) is 19.7. The number of fused-ring (bicyclic) bond motifs is 1. The topological polar surface area (TPSA) is 109 Å². The van der Waals surface area contributed by atoms with Crippen molar-refractivity contribution in [1.29, 1.82) is 0 Å². The smallest absolute Gasteiger partial charge is 0.395 e. The van der Waals surface area contributed by atoms with Crippen molar-refractivity contribution in [3.05, 3.63) is 87.0 Å². The highest BCUT2D eigenvalue weighted by molar-refractivity contribution is 9.10. The molecule has 2 aromatic heterocycles. The van der Waals surface area contributed by atoms with Gasteiger partial charge in [-0.3, -0.25) is 14.3 Å². The zero-order chi connectivity index (χ0) is 27.6. The minimum absolute atomic E-state index is 0.0268. The molecule has 38 heavy (non-hydrogen) atoms. The van der Waals surface area contributed by atoms with Crippen LogP contribution in [0.5, 0.6) is 0 Å². The maximum absolute atomic E-state index is 13.5. The number of aliphatic hydroxyl groups is 1. The lowest BCUT2D eigenvalue weighted by Crippen LogP contribution is -2.30. The van der Waals surface area contributed by atoms with Gasteiger partial charge in [0.25, 0.3) is 11.8 Å². The summed E-state index contributed by atoms with van der Waals surface area (Å²) in [4.78, 5) is 30.0. The highest BCUT2D eigenvalue weighted by atomic mass is 79.9. The van der Waals surface area contributed by atoms with Gasteiger partial charge < -0.3 is 15.7 Å². The van der Waals surface area contributed by atoms with Crippen LogP contribution in [0.25, 0.3) is 10.9 Å². The molecule has 13 heteroatoms. The minimum atomic E-state index is -4.80. The maximum atomic E-state index is 13.5. The molecule has 0 fully saturated rings. The summed E-state index contributed by atoms with van der Waals surface area (Å²) in [6.45, 7) is 1.10. The first-order valence-corrected chi connectivity index (χ1v) is 12.0. The van der Waals surface area contributed by atoms with Crippen molar-refractivity contribution in [2.45, 2.75) is 19.6 Å². The molecule has 0 aliphatic rings. The number of amides is 2. The summed E-state index contributed by atoms with van der Waals surface area (Å²) in [5.74, 6) is -2.05. The number of nitrogens with zero attached hydrogens (tertiary/aromatic N) is 3. The van der Waals surface area contributed by atoms with Crippen LogP contribution in [0.1, 0.15) is 37.8 Å². The number of carbonyl (C=O) groups is 2. The number of benzene rings is 2. The van der Waals surface area contributed by atoms with Crippen LogP contribution in [-0.2, 0) is 12.7 Å². The Labute approximate surface area is 221 Å². The summed E-state index contributed by atoms with van der Waals surface area (Å²) >= 11 is 3.25. The monoisotopic (exact) mass is 593 g/mol. The van der Waals surface area contributed by atoms with E-state index in [1.165, 1.54) is 54.1 Å². The Morgan fingerprint density at radius 2 is 1.79 bits per heavy atom. The number of hydrogen-bond acceptors (Lipinski definition) is 5. The largest absolute Gasteiger partial charge is 0.433 e. The second kappa shape index (κ2) is 10.9. The van der Waals surface area contributed by atoms with Gasteiger partial charge in [-0.25, -0.2) is 9.37 Å². The zero-order valence-corrected chi connectivity index (χ0v) is 21.3. The summed E-state index contributed by atoms with van der Waals surface area (Å²) in [6, 6.07) is 10.5. The second-order valence-corrected chi connectivity index (χ2v) is 9.16. The Balaban J connectivity index is 1.79. The van der Waals surface area contributed by atoms with E-state index in [1.54, 1.807) is 0 Å². The lowest BCUT2D eigenvalue weighted by Gasteiger charge is -2.14. The van der Waals surface area contributed by atoms with E-state index < -0.39 is 29.5 Å². The maximum Gasteiger partial charge on any atom is 0.433 e. The van der Waals surface area contributed by atoms with Gasteiger partial charge in [-0.2, -0.15) is 18.3 Å². The quantitative estimate of drug-likeness (QED) is 0.270. The van der Waals surface area contributed by atoms with E-state index in [4.69, 9.17) is 5.11 Å². The Morgan fingerprint density at radius 1 is 1.08 bits per heavy atom. The van der Waals surface area contributed by atoms with Gasteiger partial charge >= 0.3 is 6.18 Å². The van der Waals surface area contributed by atoms with Crippen molar-refractivity contribution < 1.29 is 32.3 Å². The fourth-order valence-corrected chi connectivity index (χ4v) is 4.17. The van der Waals surface area contributed by atoms with E-state index in [-0.39, 0.29) is 53.2 Å². The first-order chi connectivity index (χ1) is 18.0. The lowest BCUT2D eigenvalue weighted by molar-refractivity contribution is -0.141. The summed E-state index contributed by atoms with van der Waals surface area (Å²) in [5, 5.41) is 18.6. The Bertz CT molecular complexity index is 1520. The van der Waals surface area contributed by atoms with Gasteiger partial charge in [0, 0.05) is 16.4 Å². The van der Waals surface area contributed by atoms with Crippen molar-refractivity contribution >= 4 is 44.3 Å². The molecule has 0 aliphatic heterocycles. The minimum Gasteiger partial charge on any atom is -0.395 e. The highest BCUT2D eigenvalue weighted by Crippen LogP contribution is 2.33. The van der Waals surface area contributed by atoms with E-state index in [2.05, 4.69) is 36.6 Å². The first-order valence-electron chi connectivity index (χ1n) is 11.2. The average Bonchev–Trinajstić information content (AvgIpc) is 3.16. The van der Waals surface area contributed by atoms with Crippen molar-refractivity contribution in [3.63, 3.8) is 0 Å². The molecule has 0 saturated carbocycles. The molecule has 8 nitrogen and oxygen atoms in total. The number of rotatable bonds is 7. The number of pyridine rings is 1. The van der Waals surface area contributed by atoms with Gasteiger partial charge in [0.2, 0.25) is 0 Å². The van der Waals surface area contributed by atoms with Crippen molar-refractivity contribution in [1.82, 2.24) is 20.1 Å². The SMILES string of the molecule is Cc1nn(Cc2ccc(F)cc2)c(C(=O)NCCO)c1NC(=O)c1cc(C(F)(F)F)nc2ccc(Br)cc12. The number of nitrogens with one attached hydrogen (secondary N) is 2. The molecule has 0 saturated heterocycles. The molecule has 4 aromatic rings. The fourth-order valence-electron chi connectivity index (χ4n) is 3.80. The molecule has 2 heterocycles.